The molecule has 6 heteroatoms. The minimum atomic E-state index is 0.200. The molecule has 0 aliphatic heterocycles. The molecule has 0 amide bonds. The van der Waals surface area contributed by atoms with Gasteiger partial charge in [-0.05, 0) is 25.0 Å². The second kappa shape index (κ2) is 7.31. The van der Waals surface area contributed by atoms with Crippen molar-refractivity contribution in [2.75, 3.05) is 24.9 Å². The van der Waals surface area contributed by atoms with Gasteiger partial charge in [0.05, 0.1) is 7.11 Å². The zero-order chi connectivity index (χ0) is 15.2. The van der Waals surface area contributed by atoms with Crippen LogP contribution in [0.25, 0.3) is 0 Å². The first kappa shape index (κ1) is 15.6. The summed E-state index contributed by atoms with van der Waals surface area (Å²) in [6.07, 6.45) is 1.41. The number of hydrogen-bond donors (Lipinski definition) is 0. The number of halogens is 1. The number of likely N-dealkylation sites (N-methyl/N-ethyl adjacent to an activating group) is 1. The van der Waals surface area contributed by atoms with Crippen LogP contribution in [0.2, 0.25) is 0 Å². The average molecular weight is 310 g/mol. The van der Waals surface area contributed by atoms with Gasteiger partial charge in [0.2, 0.25) is 5.89 Å². The van der Waals surface area contributed by atoms with E-state index in [-0.39, 0.29) is 6.04 Å². The van der Waals surface area contributed by atoms with Crippen molar-refractivity contribution >= 4 is 17.6 Å². The van der Waals surface area contributed by atoms with Crippen molar-refractivity contribution in [3.8, 4) is 5.75 Å². The predicted octanol–water partition coefficient (Wildman–Crippen LogP) is 2.93. The minimum absolute atomic E-state index is 0.200. The number of nitrogens with zero attached hydrogens (tertiary/aromatic N) is 3. The summed E-state index contributed by atoms with van der Waals surface area (Å²) < 4.78 is 11.0. The van der Waals surface area contributed by atoms with Crippen molar-refractivity contribution in [2.45, 2.75) is 25.8 Å². The van der Waals surface area contributed by atoms with Crippen LogP contribution in [-0.4, -0.2) is 36.3 Å². The number of hydrogen-bond acceptors (Lipinski definition) is 5. The zero-order valence-corrected chi connectivity index (χ0v) is 13.3. The average Bonchev–Trinajstić information content (AvgIpc) is 2.96. The molecule has 114 valence electrons. The molecule has 1 heterocycles. The maximum atomic E-state index is 5.67. The molecule has 2 aromatic rings. The first-order chi connectivity index (χ1) is 10.2. The fourth-order valence-electron chi connectivity index (χ4n) is 2.08. The van der Waals surface area contributed by atoms with Crippen molar-refractivity contribution in [1.82, 2.24) is 10.2 Å². The molecule has 0 saturated carbocycles. The van der Waals surface area contributed by atoms with Crippen molar-refractivity contribution in [1.29, 1.82) is 0 Å². The van der Waals surface area contributed by atoms with Crippen LogP contribution in [0.4, 0.5) is 6.01 Å². The first-order valence-electron chi connectivity index (χ1n) is 6.88. The van der Waals surface area contributed by atoms with Crippen LogP contribution >= 0.6 is 11.6 Å². The Kier molecular flexibility index (Phi) is 5.44. The molecule has 1 atom stereocenters. The molecule has 1 unspecified atom stereocenters. The summed E-state index contributed by atoms with van der Waals surface area (Å²) in [5.41, 5.74) is 1.15. The second-order valence-corrected chi connectivity index (χ2v) is 5.27. The fraction of sp³-hybridized carbons (Fsp3) is 0.467. The van der Waals surface area contributed by atoms with Gasteiger partial charge in [-0.2, -0.15) is 0 Å². The minimum Gasteiger partial charge on any atom is -0.496 e. The molecule has 0 radical (unpaired) electrons. The van der Waals surface area contributed by atoms with E-state index in [4.69, 9.17) is 20.8 Å². The Morgan fingerprint density at radius 1 is 1.33 bits per heavy atom. The number of aryl methyl sites for hydroxylation is 1. The van der Waals surface area contributed by atoms with Gasteiger partial charge in [-0.1, -0.05) is 23.3 Å². The standard InChI is InChI=1S/C15H20ClN3O2/c1-11(10-12-6-4-5-7-13(12)20-3)19(2)15-18-17-14(21-15)8-9-16/h4-7,11H,8-10H2,1-3H3. The van der Waals surface area contributed by atoms with Crippen molar-refractivity contribution in [3.63, 3.8) is 0 Å². The Bertz CT molecular complexity index is 574. The highest BCUT2D eigenvalue weighted by Crippen LogP contribution is 2.22. The molecular weight excluding hydrogens is 290 g/mol. The van der Waals surface area contributed by atoms with Crippen molar-refractivity contribution in [2.24, 2.45) is 0 Å². The number of benzene rings is 1. The van der Waals surface area contributed by atoms with Gasteiger partial charge in [0.1, 0.15) is 5.75 Å². The molecule has 0 fully saturated rings. The van der Waals surface area contributed by atoms with Gasteiger partial charge in [-0.25, -0.2) is 0 Å². The van der Waals surface area contributed by atoms with E-state index in [0.717, 1.165) is 17.7 Å². The molecule has 1 aromatic carbocycles. The van der Waals surface area contributed by atoms with E-state index in [1.165, 1.54) is 0 Å². The molecule has 0 aliphatic rings. The summed E-state index contributed by atoms with van der Waals surface area (Å²) in [4.78, 5) is 1.97. The number of rotatable bonds is 7. The summed E-state index contributed by atoms with van der Waals surface area (Å²) in [6.45, 7) is 2.11. The third-order valence-electron chi connectivity index (χ3n) is 3.44. The normalized spacial score (nSPS) is 12.2. The van der Waals surface area contributed by atoms with E-state index in [1.807, 2.05) is 30.1 Å². The number of methoxy groups -OCH3 is 1. The fourth-order valence-corrected chi connectivity index (χ4v) is 2.25. The van der Waals surface area contributed by atoms with Gasteiger partial charge in [0.15, 0.2) is 0 Å². The monoisotopic (exact) mass is 309 g/mol. The van der Waals surface area contributed by atoms with Gasteiger partial charge in [0, 0.05) is 25.4 Å². The zero-order valence-electron chi connectivity index (χ0n) is 12.5. The largest absolute Gasteiger partial charge is 0.496 e. The Morgan fingerprint density at radius 3 is 2.81 bits per heavy atom. The first-order valence-corrected chi connectivity index (χ1v) is 7.42. The summed E-state index contributed by atoms with van der Waals surface area (Å²) in [7, 11) is 3.63. The lowest BCUT2D eigenvalue weighted by molar-refractivity contribution is 0.407. The van der Waals surface area contributed by atoms with Gasteiger partial charge < -0.3 is 14.1 Å². The Labute approximate surface area is 129 Å². The van der Waals surface area contributed by atoms with Gasteiger partial charge in [-0.15, -0.1) is 16.7 Å². The maximum absolute atomic E-state index is 5.67. The van der Waals surface area contributed by atoms with Crippen LogP contribution in [0.15, 0.2) is 28.7 Å². The number of alkyl halides is 1. The summed E-state index contributed by atoms with van der Waals surface area (Å²) in [5, 5.41) is 8.04. The molecule has 5 nitrogen and oxygen atoms in total. The molecule has 21 heavy (non-hydrogen) atoms. The Hall–Kier alpha value is -1.75. The van der Waals surface area contributed by atoms with Crippen LogP contribution in [0.5, 0.6) is 5.75 Å². The predicted molar refractivity (Wildman–Crippen MR) is 83.3 cm³/mol. The molecule has 2 rings (SSSR count). The third-order valence-corrected chi connectivity index (χ3v) is 3.62. The van der Waals surface area contributed by atoms with Gasteiger partial charge in [0.25, 0.3) is 0 Å². The van der Waals surface area contributed by atoms with E-state index in [1.54, 1.807) is 7.11 Å². The van der Waals surface area contributed by atoms with Crippen molar-refractivity contribution < 1.29 is 9.15 Å². The summed E-state index contributed by atoms with van der Waals surface area (Å²) in [5.74, 6) is 1.93. The highest BCUT2D eigenvalue weighted by Gasteiger charge is 2.18. The summed E-state index contributed by atoms with van der Waals surface area (Å²) >= 11 is 5.67. The highest BCUT2D eigenvalue weighted by molar-refractivity contribution is 6.17. The SMILES string of the molecule is COc1ccccc1CC(C)N(C)c1nnc(CCCl)o1. The van der Waals surface area contributed by atoms with Crippen LogP contribution in [0, 0.1) is 0 Å². The lowest BCUT2D eigenvalue weighted by Crippen LogP contribution is -2.31. The van der Waals surface area contributed by atoms with Crippen molar-refractivity contribution in [3.05, 3.63) is 35.7 Å². The molecule has 1 aromatic heterocycles. The molecule has 0 bridgehead atoms. The lowest BCUT2D eigenvalue weighted by Gasteiger charge is -2.23. The number of aromatic nitrogens is 2. The van der Waals surface area contributed by atoms with E-state index >= 15 is 0 Å². The quantitative estimate of drug-likeness (QED) is 0.736. The highest BCUT2D eigenvalue weighted by atomic mass is 35.5. The topological polar surface area (TPSA) is 51.4 Å². The summed E-state index contributed by atoms with van der Waals surface area (Å²) in [6, 6.07) is 8.72. The van der Waals surface area contributed by atoms with Crippen LogP contribution in [0.3, 0.4) is 0 Å². The second-order valence-electron chi connectivity index (χ2n) is 4.89. The molecule has 0 aliphatic carbocycles. The van der Waals surface area contributed by atoms with Gasteiger partial charge in [-0.3, -0.25) is 0 Å². The smallest absolute Gasteiger partial charge is 0.318 e. The van der Waals surface area contributed by atoms with Crippen LogP contribution in [0.1, 0.15) is 18.4 Å². The molecular formula is C15H20ClN3O2. The Balaban J connectivity index is 2.06. The van der Waals surface area contributed by atoms with E-state index < -0.39 is 0 Å². The van der Waals surface area contributed by atoms with Gasteiger partial charge >= 0.3 is 6.01 Å². The number of ether oxygens (including phenoxy) is 1. The number of anilines is 1. The van der Waals surface area contributed by atoms with E-state index in [0.29, 0.717) is 24.2 Å². The molecule has 0 spiro atoms. The van der Waals surface area contributed by atoms with Crippen LogP contribution < -0.4 is 9.64 Å². The van der Waals surface area contributed by atoms with Crippen LogP contribution in [-0.2, 0) is 12.8 Å². The van der Waals surface area contributed by atoms with E-state index in [9.17, 15) is 0 Å². The number of para-hydroxylation sites is 1. The Morgan fingerprint density at radius 2 is 2.10 bits per heavy atom. The molecule has 0 saturated heterocycles. The van der Waals surface area contributed by atoms with E-state index in [2.05, 4.69) is 23.2 Å². The maximum Gasteiger partial charge on any atom is 0.318 e. The lowest BCUT2D eigenvalue weighted by atomic mass is 10.1. The third kappa shape index (κ3) is 3.88. The molecule has 0 N–H and O–H groups in total.